The van der Waals surface area contributed by atoms with Gasteiger partial charge in [-0.25, -0.2) is 0 Å². The molecule has 1 aromatic heterocycles. The van der Waals surface area contributed by atoms with E-state index in [2.05, 4.69) is 18.2 Å². The lowest BCUT2D eigenvalue weighted by Gasteiger charge is -2.29. The third-order valence-corrected chi connectivity index (χ3v) is 6.22. The first-order valence-corrected chi connectivity index (χ1v) is 12.0. The van der Waals surface area contributed by atoms with Crippen LogP contribution in [0.4, 0.5) is 0 Å². The lowest BCUT2D eigenvalue weighted by molar-refractivity contribution is 0.284. The van der Waals surface area contributed by atoms with E-state index in [-0.39, 0.29) is 5.56 Å². The van der Waals surface area contributed by atoms with Crippen molar-refractivity contribution in [1.82, 2.24) is 4.57 Å². The Bertz CT molecular complexity index is 1350. The summed E-state index contributed by atoms with van der Waals surface area (Å²) in [5.74, 6) is 1.48. The molecule has 0 saturated heterocycles. The van der Waals surface area contributed by atoms with E-state index < -0.39 is 5.92 Å². The van der Waals surface area contributed by atoms with Crippen LogP contribution in [-0.2, 0) is 13.0 Å². The van der Waals surface area contributed by atoms with Crippen molar-refractivity contribution in [3.8, 4) is 23.3 Å². The van der Waals surface area contributed by atoms with E-state index in [9.17, 15) is 10.1 Å². The Morgan fingerprint density at radius 1 is 1.03 bits per heavy atom. The molecule has 1 aliphatic heterocycles. The van der Waals surface area contributed by atoms with E-state index in [1.807, 2.05) is 63.2 Å². The molecule has 3 aromatic rings. The second-order valence-corrected chi connectivity index (χ2v) is 8.41. The van der Waals surface area contributed by atoms with Gasteiger partial charge in [0.2, 0.25) is 0 Å². The van der Waals surface area contributed by atoms with Crippen molar-refractivity contribution in [2.24, 2.45) is 0 Å². The van der Waals surface area contributed by atoms with Crippen LogP contribution in [0.25, 0.3) is 0 Å². The Kier molecular flexibility index (Phi) is 7.26. The molecule has 0 radical (unpaired) electrons. The van der Waals surface area contributed by atoms with Gasteiger partial charge < -0.3 is 18.8 Å². The van der Waals surface area contributed by atoms with Crippen LogP contribution in [0.15, 0.2) is 70.7 Å². The molecule has 2 aromatic carbocycles. The molecule has 1 atom stereocenters. The third kappa shape index (κ3) is 4.67. The number of nitriles is 1. The second-order valence-electron chi connectivity index (χ2n) is 8.41. The van der Waals surface area contributed by atoms with Crippen LogP contribution >= 0.6 is 0 Å². The van der Waals surface area contributed by atoms with Crippen molar-refractivity contribution in [2.75, 3.05) is 13.2 Å². The maximum Gasteiger partial charge on any atom is 0.258 e. The molecule has 1 aliphatic rings. The summed E-state index contributed by atoms with van der Waals surface area (Å²) in [5, 5.41) is 10.1. The molecule has 0 N–H and O–H groups in total. The Balaban J connectivity index is 1.90. The predicted octanol–water partition coefficient (Wildman–Crippen LogP) is 5.52. The maximum atomic E-state index is 14.0. The number of pyridine rings is 1. The first kappa shape index (κ1) is 24.2. The molecule has 0 amide bonds. The van der Waals surface area contributed by atoms with Crippen molar-refractivity contribution >= 4 is 0 Å². The van der Waals surface area contributed by atoms with Gasteiger partial charge in [-0.3, -0.25) is 4.79 Å². The van der Waals surface area contributed by atoms with Gasteiger partial charge in [0.05, 0.1) is 36.3 Å². The third-order valence-electron chi connectivity index (χ3n) is 6.22. The molecule has 0 fully saturated rings. The fourth-order valence-electron chi connectivity index (χ4n) is 4.62. The Morgan fingerprint density at radius 2 is 1.77 bits per heavy atom. The zero-order valence-corrected chi connectivity index (χ0v) is 20.6. The van der Waals surface area contributed by atoms with E-state index in [0.29, 0.717) is 59.5 Å². The molecule has 0 spiro atoms. The number of hydrogen-bond acceptors (Lipinski definition) is 5. The number of allylic oxidation sites excluding steroid dienone is 2. The monoisotopic (exact) mass is 470 g/mol. The fraction of sp³-hybridized carbons (Fsp3) is 0.310. The number of nitrogens with zero attached hydrogens (tertiary/aromatic N) is 2. The number of fused-ring (bicyclic) bond motifs is 1. The summed E-state index contributed by atoms with van der Waals surface area (Å²) in [7, 11) is 0. The average Bonchev–Trinajstić information content (AvgIpc) is 2.85. The van der Waals surface area contributed by atoms with E-state index >= 15 is 0 Å². The molecule has 4 rings (SSSR count). The van der Waals surface area contributed by atoms with Gasteiger partial charge in [0, 0.05) is 23.9 Å². The van der Waals surface area contributed by atoms with Gasteiger partial charge in [-0.1, -0.05) is 42.5 Å². The number of aryl methyl sites for hydroxylation is 2. The van der Waals surface area contributed by atoms with Gasteiger partial charge in [0.15, 0.2) is 11.5 Å². The van der Waals surface area contributed by atoms with E-state index in [1.165, 1.54) is 0 Å². The van der Waals surface area contributed by atoms with Gasteiger partial charge in [-0.15, -0.1) is 0 Å². The summed E-state index contributed by atoms with van der Waals surface area (Å²) in [6.45, 7) is 8.90. The van der Waals surface area contributed by atoms with Crippen LogP contribution in [0.5, 0.6) is 17.2 Å². The van der Waals surface area contributed by atoms with Crippen molar-refractivity contribution in [2.45, 2.75) is 46.6 Å². The number of para-hydroxylation sites is 1. The van der Waals surface area contributed by atoms with E-state index in [4.69, 9.17) is 14.2 Å². The van der Waals surface area contributed by atoms with Crippen LogP contribution in [0.2, 0.25) is 0 Å². The molecule has 0 aliphatic carbocycles. The normalized spacial score (nSPS) is 14.7. The number of ether oxygens (including phenoxy) is 3. The van der Waals surface area contributed by atoms with Gasteiger partial charge in [0.25, 0.3) is 5.56 Å². The molecule has 0 bridgehead atoms. The zero-order valence-electron chi connectivity index (χ0n) is 20.6. The Hall–Kier alpha value is -3.98. The summed E-state index contributed by atoms with van der Waals surface area (Å²) in [6, 6.07) is 19.9. The fourth-order valence-corrected chi connectivity index (χ4v) is 4.62. The number of rotatable bonds is 8. The van der Waals surface area contributed by atoms with Gasteiger partial charge in [0.1, 0.15) is 11.5 Å². The van der Waals surface area contributed by atoms with E-state index in [1.54, 1.807) is 11.5 Å². The summed E-state index contributed by atoms with van der Waals surface area (Å²) in [6.07, 6.45) is 0.718. The molecule has 6 heteroatoms. The molecule has 0 unspecified atom stereocenters. The van der Waals surface area contributed by atoms with Crippen LogP contribution in [0.3, 0.4) is 0 Å². The molecule has 2 heterocycles. The van der Waals surface area contributed by atoms with E-state index in [0.717, 1.165) is 17.7 Å². The minimum absolute atomic E-state index is 0.162. The minimum atomic E-state index is -0.623. The van der Waals surface area contributed by atoms with Crippen LogP contribution in [-0.4, -0.2) is 17.8 Å². The molecule has 35 heavy (non-hydrogen) atoms. The van der Waals surface area contributed by atoms with Gasteiger partial charge in [-0.05, 0) is 45.7 Å². The first-order chi connectivity index (χ1) is 17.0. The maximum absolute atomic E-state index is 14.0. The van der Waals surface area contributed by atoms with Crippen LogP contribution in [0, 0.1) is 18.3 Å². The van der Waals surface area contributed by atoms with Crippen LogP contribution in [0.1, 0.15) is 49.1 Å². The van der Waals surface area contributed by atoms with Crippen molar-refractivity contribution in [1.29, 1.82) is 5.26 Å². The van der Waals surface area contributed by atoms with Gasteiger partial charge in [-0.2, -0.15) is 5.26 Å². The van der Waals surface area contributed by atoms with Crippen molar-refractivity contribution in [3.63, 3.8) is 0 Å². The molecule has 0 saturated carbocycles. The van der Waals surface area contributed by atoms with Crippen molar-refractivity contribution in [3.05, 3.63) is 98.7 Å². The Morgan fingerprint density at radius 3 is 2.46 bits per heavy atom. The highest BCUT2D eigenvalue weighted by Crippen LogP contribution is 2.46. The Labute approximate surface area is 206 Å². The molecule has 6 nitrogen and oxygen atoms in total. The highest BCUT2D eigenvalue weighted by molar-refractivity contribution is 5.61. The number of hydrogen-bond donors (Lipinski definition) is 0. The first-order valence-electron chi connectivity index (χ1n) is 12.0. The summed E-state index contributed by atoms with van der Waals surface area (Å²) >= 11 is 0. The van der Waals surface area contributed by atoms with Crippen LogP contribution < -0.4 is 19.8 Å². The average molecular weight is 471 g/mol. The second kappa shape index (κ2) is 10.5. The quantitative estimate of drug-likeness (QED) is 0.433. The lowest BCUT2D eigenvalue weighted by Crippen LogP contribution is -2.32. The zero-order chi connectivity index (χ0) is 24.9. The number of benzene rings is 2. The SMILES string of the molecule is CCOc1cccc([C@@H]2C(C#N)=C(C)Oc3cc(C)n(CCc4ccccc4)c(=O)c32)c1OCC. The summed E-state index contributed by atoms with van der Waals surface area (Å²) < 4.78 is 19.6. The topological polar surface area (TPSA) is 73.5 Å². The number of aromatic nitrogens is 1. The minimum Gasteiger partial charge on any atom is -0.490 e. The van der Waals surface area contributed by atoms with Gasteiger partial charge >= 0.3 is 0 Å². The standard InChI is InChI=1S/C29H30N2O4/c1-5-33-24-14-10-13-22(28(24)34-6-2)26-23(18-30)20(4)35-25-17-19(3)31(29(32)27(25)26)16-15-21-11-8-7-9-12-21/h7-14,17,26H,5-6,15-16H2,1-4H3/t26-/m1/s1. The highest BCUT2D eigenvalue weighted by Gasteiger charge is 2.36. The molecular weight excluding hydrogens is 440 g/mol. The summed E-state index contributed by atoms with van der Waals surface area (Å²) in [5.41, 5.74) is 3.35. The highest BCUT2D eigenvalue weighted by atomic mass is 16.5. The molecular formula is C29H30N2O4. The smallest absolute Gasteiger partial charge is 0.258 e. The largest absolute Gasteiger partial charge is 0.490 e. The summed E-state index contributed by atoms with van der Waals surface area (Å²) in [4.78, 5) is 14.0. The lowest BCUT2D eigenvalue weighted by atomic mass is 9.82. The predicted molar refractivity (Wildman–Crippen MR) is 135 cm³/mol. The molecule has 180 valence electrons. The van der Waals surface area contributed by atoms with Crippen molar-refractivity contribution < 1.29 is 14.2 Å².